The van der Waals surface area contributed by atoms with Crippen LogP contribution < -0.4 is 4.90 Å². The molecule has 0 spiro atoms. The first-order valence-electron chi connectivity index (χ1n) is 5.28. The van der Waals surface area contributed by atoms with Gasteiger partial charge >= 0.3 is 5.97 Å². The number of carboxylic acid groups (broad SMARTS) is 1. The lowest BCUT2D eigenvalue weighted by Crippen LogP contribution is -2.33. The molecule has 1 aromatic carbocycles. The van der Waals surface area contributed by atoms with Gasteiger partial charge in [-0.25, -0.2) is 4.79 Å². The minimum atomic E-state index is -1.04. The van der Waals surface area contributed by atoms with Crippen molar-refractivity contribution in [2.75, 3.05) is 18.1 Å². The van der Waals surface area contributed by atoms with Crippen molar-refractivity contribution in [2.24, 2.45) is 0 Å². The Hall–Kier alpha value is -2.32. The van der Waals surface area contributed by atoms with E-state index >= 15 is 0 Å². The molecule has 0 aliphatic rings. The fraction of sp³-hybridized carbons (Fsp3) is 0.231. The number of aliphatic hydroxyl groups excluding tert-OH is 1. The van der Waals surface area contributed by atoms with E-state index < -0.39 is 5.97 Å². The van der Waals surface area contributed by atoms with Gasteiger partial charge in [0.25, 0.3) is 0 Å². The number of hydrogen-bond donors (Lipinski definition) is 2. The van der Waals surface area contributed by atoms with Gasteiger partial charge in [-0.1, -0.05) is 5.92 Å². The summed E-state index contributed by atoms with van der Waals surface area (Å²) in [5.41, 5.74) is 0.640. The summed E-state index contributed by atoms with van der Waals surface area (Å²) in [4.78, 5) is 23.7. The average molecular weight is 247 g/mol. The number of carbonyl (C=O) groups is 2. The second kappa shape index (κ2) is 6.42. The first-order valence-corrected chi connectivity index (χ1v) is 5.28. The Bertz CT molecular complexity index is 473. The molecule has 0 aliphatic heterocycles. The van der Waals surface area contributed by atoms with Gasteiger partial charge in [-0.15, -0.1) is 6.42 Å². The Balaban J connectivity index is 2.96. The number of aromatic carboxylic acids is 1. The maximum absolute atomic E-state index is 11.7. The van der Waals surface area contributed by atoms with E-state index in [1.165, 1.54) is 29.2 Å². The molecule has 2 N–H and O–H groups in total. The molecule has 5 nitrogen and oxygen atoms in total. The largest absolute Gasteiger partial charge is 0.478 e. The number of benzene rings is 1. The molecule has 0 heterocycles. The molecule has 0 aliphatic carbocycles. The molecule has 94 valence electrons. The normalized spacial score (nSPS) is 9.56. The topological polar surface area (TPSA) is 77.8 Å². The van der Waals surface area contributed by atoms with E-state index in [0.29, 0.717) is 5.69 Å². The first kappa shape index (κ1) is 13.7. The highest BCUT2D eigenvalue weighted by Gasteiger charge is 2.14. The van der Waals surface area contributed by atoms with E-state index in [1.807, 2.05) is 0 Å². The molecule has 0 atom stereocenters. The lowest BCUT2D eigenvalue weighted by atomic mass is 10.2. The molecule has 1 aromatic rings. The van der Waals surface area contributed by atoms with Crippen LogP contribution in [0.5, 0.6) is 0 Å². The second-order valence-corrected chi connectivity index (χ2v) is 3.50. The van der Waals surface area contributed by atoms with Crippen molar-refractivity contribution < 1.29 is 19.8 Å². The van der Waals surface area contributed by atoms with Gasteiger partial charge in [0.2, 0.25) is 5.91 Å². The van der Waals surface area contributed by atoms with Crippen LogP contribution in [0.4, 0.5) is 5.69 Å². The van der Waals surface area contributed by atoms with Crippen molar-refractivity contribution in [3.05, 3.63) is 29.8 Å². The quantitative estimate of drug-likeness (QED) is 0.752. The Labute approximate surface area is 105 Å². The zero-order chi connectivity index (χ0) is 13.5. The smallest absolute Gasteiger partial charge is 0.335 e. The van der Waals surface area contributed by atoms with Crippen molar-refractivity contribution in [2.45, 2.75) is 6.42 Å². The van der Waals surface area contributed by atoms with E-state index in [2.05, 4.69) is 5.92 Å². The molecule has 0 bridgehead atoms. The Morgan fingerprint density at radius 1 is 1.28 bits per heavy atom. The zero-order valence-corrected chi connectivity index (χ0v) is 9.67. The van der Waals surface area contributed by atoms with E-state index in [-0.39, 0.29) is 31.0 Å². The number of carbonyl (C=O) groups excluding carboxylic acids is 1. The highest BCUT2D eigenvalue weighted by atomic mass is 16.4. The van der Waals surface area contributed by atoms with Crippen LogP contribution in [-0.2, 0) is 4.79 Å². The molecule has 0 saturated carbocycles. The van der Waals surface area contributed by atoms with Gasteiger partial charge in [-0.2, -0.15) is 0 Å². The number of aliphatic hydroxyl groups is 1. The summed E-state index contributed by atoms with van der Waals surface area (Å²) in [5, 5.41) is 17.7. The van der Waals surface area contributed by atoms with Crippen LogP contribution in [0.25, 0.3) is 0 Å². The van der Waals surface area contributed by atoms with E-state index in [0.717, 1.165) is 0 Å². The predicted octanol–water partition coefficient (Wildman–Crippen LogP) is 0.733. The monoisotopic (exact) mass is 247 g/mol. The summed E-state index contributed by atoms with van der Waals surface area (Å²) in [6.07, 6.45) is 5.00. The summed E-state index contributed by atoms with van der Waals surface area (Å²) < 4.78 is 0. The highest BCUT2D eigenvalue weighted by Crippen LogP contribution is 2.16. The van der Waals surface area contributed by atoms with Crippen molar-refractivity contribution in [3.63, 3.8) is 0 Å². The third-order valence-corrected chi connectivity index (χ3v) is 2.30. The van der Waals surface area contributed by atoms with Gasteiger partial charge in [-0.05, 0) is 24.3 Å². The van der Waals surface area contributed by atoms with Crippen LogP contribution in [-0.4, -0.2) is 35.2 Å². The van der Waals surface area contributed by atoms with Crippen LogP contribution in [0.1, 0.15) is 16.8 Å². The second-order valence-electron chi connectivity index (χ2n) is 3.50. The molecule has 0 saturated heterocycles. The van der Waals surface area contributed by atoms with Crippen LogP contribution in [0.2, 0.25) is 0 Å². The fourth-order valence-corrected chi connectivity index (χ4v) is 1.46. The summed E-state index contributed by atoms with van der Waals surface area (Å²) in [5.74, 6) is 0.891. The minimum Gasteiger partial charge on any atom is -0.478 e. The van der Waals surface area contributed by atoms with Gasteiger partial charge in [-0.3, -0.25) is 4.79 Å². The molecule has 1 rings (SSSR count). The summed E-state index contributed by atoms with van der Waals surface area (Å²) >= 11 is 0. The number of nitrogens with zero attached hydrogens (tertiary/aromatic N) is 1. The van der Waals surface area contributed by atoms with Crippen molar-refractivity contribution in [1.82, 2.24) is 0 Å². The molecule has 18 heavy (non-hydrogen) atoms. The molecule has 0 fully saturated rings. The Morgan fingerprint density at radius 3 is 2.33 bits per heavy atom. The van der Waals surface area contributed by atoms with E-state index in [9.17, 15) is 9.59 Å². The first-order chi connectivity index (χ1) is 8.60. The van der Waals surface area contributed by atoms with Crippen LogP contribution in [0, 0.1) is 12.3 Å². The summed E-state index contributed by atoms with van der Waals surface area (Å²) in [7, 11) is 0. The van der Waals surface area contributed by atoms with Crippen LogP contribution in [0.15, 0.2) is 24.3 Å². The molecule has 0 unspecified atom stereocenters. The van der Waals surface area contributed by atoms with Crippen molar-refractivity contribution >= 4 is 17.6 Å². The van der Waals surface area contributed by atoms with Crippen molar-refractivity contribution in [1.29, 1.82) is 0 Å². The highest BCUT2D eigenvalue weighted by molar-refractivity contribution is 5.95. The lowest BCUT2D eigenvalue weighted by Gasteiger charge is -2.21. The third-order valence-electron chi connectivity index (χ3n) is 2.30. The van der Waals surface area contributed by atoms with Gasteiger partial charge in [0.05, 0.1) is 18.6 Å². The average Bonchev–Trinajstić information content (AvgIpc) is 2.36. The Morgan fingerprint density at radius 2 is 1.89 bits per heavy atom. The van der Waals surface area contributed by atoms with Crippen LogP contribution in [0.3, 0.4) is 0 Å². The van der Waals surface area contributed by atoms with Crippen molar-refractivity contribution in [3.8, 4) is 12.3 Å². The molecule has 1 amide bonds. The molecular formula is C13H13NO4. The number of terminal acetylenes is 1. The minimum absolute atomic E-state index is 0.0688. The predicted molar refractivity (Wildman–Crippen MR) is 66.3 cm³/mol. The van der Waals surface area contributed by atoms with E-state index in [1.54, 1.807) is 0 Å². The number of carboxylic acids is 1. The third kappa shape index (κ3) is 3.34. The van der Waals surface area contributed by atoms with Crippen LogP contribution >= 0.6 is 0 Å². The van der Waals surface area contributed by atoms with Gasteiger partial charge in [0.1, 0.15) is 0 Å². The van der Waals surface area contributed by atoms with Gasteiger partial charge in [0.15, 0.2) is 0 Å². The lowest BCUT2D eigenvalue weighted by molar-refractivity contribution is -0.117. The number of amides is 1. The number of rotatable bonds is 5. The van der Waals surface area contributed by atoms with Gasteiger partial charge < -0.3 is 15.1 Å². The zero-order valence-electron chi connectivity index (χ0n) is 9.67. The number of hydrogen-bond acceptors (Lipinski definition) is 3. The van der Waals surface area contributed by atoms with E-state index in [4.69, 9.17) is 16.6 Å². The van der Waals surface area contributed by atoms with Gasteiger partial charge in [0, 0.05) is 12.2 Å². The maximum atomic E-state index is 11.7. The molecule has 0 radical (unpaired) electrons. The number of anilines is 1. The Kier molecular flexibility index (Phi) is 4.90. The SMILES string of the molecule is C#CCC(=O)N(CCO)c1ccc(C(=O)O)cc1. The summed E-state index contributed by atoms with van der Waals surface area (Å²) in [6, 6.07) is 5.80. The summed E-state index contributed by atoms with van der Waals surface area (Å²) in [6.45, 7) is -0.0794. The maximum Gasteiger partial charge on any atom is 0.335 e. The molecule has 0 aromatic heterocycles. The fourth-order valence-electron chi connectivity index (χ4n) is 1.46. The standard InChI is InChI=1S/C13H13NO4/c1-2-3-12(16)14(8-9-15)11-6-4-10(5-7-11)13(17)18/h1,4-7,15H,3,8-9H2,(H,17,18). The molecule has 5 heteroatoms. The molecular weight excluding hydrogens is 234 g/mol.